The van der Waals surface area contributed by atoms with Gasteiger partial charge in [-0.2, -0.15) is 0 Å². The summed E-state index contributed by atoms with van der Waals surface area (Å²) in [5.41, 5.74) is 0.501. The van der Waals surface area contributed by atoms with Crippen LogP contribution in [0.2, 0.25) is 15.1 Å². The Bertz CT molecular complexity index is 915. The number of carbonyl (C=O) groups is 1. The third-order valence-corrected chi connectivity index (χ3v) is 5.07. The van der Waals surface area contributed by atoms with Gasteiger partial charge in [-0.3, -0.25) is 9.10 Å². The Morgan fingerprint density at radius 2 is 1.69 bits per heavy atom. The van der Waals surface area contributed by atoms with Gasteiger partial charge in [0.15, 0.2) is 0 Å². The number of nitrogens with one attached hydrogen (secondary N) is 1. The molecule has 0 saturated carbocycles. The lowest BCUT2D eigenvalue weighted by atomic mass is 10.3. The van der Waals surface area contributed by atoms with Gasteiger partial charge in [0.2, 0.25) is 15.9 Å². The quantitative estimate of drug-likeness (QED) is 0.739. The second-order valence-electron chi connectivity index (χ2n) is 5.29. The van der Waals surface area contributed by atoms with Crippen molar-refractivity contribution >= 4 is 62.1 Å². The molecule has 0 heterocycles. The molecular formula is C16H15Cl3N2O4S. The Morgan fingerprint density at radius 1 is 1.08 bits per heavy atom. The average molecular weight is 438 g/mol. The number of rotatable bonds is 6. The summed E-state index contributed by atoms with van der Waals surface area (Å²) in [6, 6.07) is 8.96. The molecule has 0 unspecified atom stereocenters. The van der Waals surface area contributed by atoms with Gasteiger partial charge in [0.1, 0.15) is 12.3 Å². The molecular weight excluding hydrogens is 423 g/mol. The van der Waals surface area contributed by atoms with Crippen LogP contribution in [0, 0.1) is 0 Å². The fourth-order valence-corrected chi connectivity index (χ4v) is 3.71. The van der Waals surface area contributed by atoms with Crippen molar-refractivity contribution in [2.45, 2.75) is 0 Å². The summed E-state index contributed by atoms with van der Waals surface area (Å²) in [6.45, 7) is -0.481. The van der Waals surface area contributed by atoms with Crippen LogP contribution in [0.1, 0.15) is 0 Å². The van der Waals surface area contributed by atoms with Crippen molar-refractivity contribution < 1.29 is 17.9 Å². The van der Waals surface area contributed by atoms with E-state index < -0.39 is 22.5 Å². The maximum absolute atomic E-state index is 12.4. The van der Waals surface area contributed by atoms with E-state index in [2.05, 4.69) is 5.32 Å². The van der Waals surface area contributed by atoms with Crippen molar-refractivity contribution in [3.05, 3.63) is 51.5 Å². The lowest BCUT2D eigenvalue weighted by Crippen LogP contribution is -2.37. The van der Waals surface area contributed by atoms with Gasteiger partial charge in [0.25, 0.3) is 0 Å². The third-order valence-electron chi connectivity index (χ3n) is 3.26. The molecule has 140 valence electrons. The van der Waals surface area contributed by atoms with E-state index in [0.29, 0.717) is 16.5 Å². The zero-order valence-corrected chi connectivity index (χ0v) is 16.9. The molecule has 2 aromatic rings. The number of hydrogen-bond donors (Lipinski definition) is 1. The fourth-order valence-electron chi connectivity index (χ4n) is 2.18. The second kappa shape index (κ2) is 8.35. The van der Waals surface area contributed by atoms with Crippen LogP contribution in [-0.2, 0) is 14.8 Å². The molecule has 10 heteroatoms. The van der Waals surface area contributed by atoms with E-state index in [1.54, 1.807) is 12.1 Å². The van der Waals surface area contributed by atoms with E-state index in [1.165, 1.54) is 31.4 Å². The molecule has 2 aromatic carbocycles. The highest BCUT2D eigenvalue weighted by atomic mass is 35.5. The summed E-state index contributed by atoms with van der Waals surface area (Å²) in [5, 5.41) is 3.47. The lowest BCUT2D eigenvalue weighted by Gasteiger charge is -2.22. The zero-order chi connectivity index (χ0) is 19.5. The molecule has 0 aliphatic carbocycles. The Labute approximate surface area is 166 Å². The Kier molecular flexibility index (Phi) is 6.63. The first-order chi connectivity index (χ1) is 12.1. The molecule has 1 N–H and O–H groups in total. The van der Waals surface area contributed by atoms with Gasteiger partial charge < -0.3 is 10.1 Å². The van der Waals surface area contributed by atoms with Gasteiger partial charge >= 0.3 is 0 Å². The molecule has 0 saturated heterocycles. The predicted octanol–water partition coefficient (Wildman–Crippen LogP) is 4.06. The van der Waals surface area contributed by atoms with E-state index in [4.69, 9.17) is 39.5 Å². The smallest absolute Gasteiger partial charge is 0.245 e. The first-order valence-corrected chi connectivity index (χ1v) is 10.2. The Balaban J connectivity index is 2.29. The zero-order valence-electron chi connectivity index (χ0n) is 13.8. The highest BCUT2D eigenvalue weighted by Crippen LogP contribution is 2.29. The third kappa shape index (κ3) is 5.41. The molecule has 0 aromatic heterocycles. The molecule has 0 bridgehead atoms. The van der Waals surface area contributed by atoms with Crippen molar-refractivity contribution in [2.24, 2.45) is 0 Å². The van der Waals surface area contributed by atoms with Gasteiger partial charge in [-0.05, 0) is 36.4 Å². The van der Waals surface area contributed by atoms with Crippen LogP contribution in [0.5, 0.6) is 5.75 Å². The van der Waals surface area contributed by atoms with Gasteiger partial charge in [-0.1, -0.05) is 34.8 Å². The number of benzene rings is 2. The molecule has 0 aliphatic rings. The lowest BCUT2D eigenvalue weighted by molar-refractivity contribution is -0.114. The topological polar surface area (TPSA) is 75.7 Å². The molecule has 0 radical (unpaired) electrons. The second-order valence-corrected chi connectivity index (χ2v) is 8.51. The molecule has 0 aliphatic heterocycles. The first-order valence-electron chi connectivity index (χ1n) is 7.17. The minimum Gasteiger partial charge on any atom is -0.495 e. The van der Waals surface area contributed by atoms with E-state index in [9.17, 15) is 13.2 Å². The number of sulfonamides is 1. The molecule has 2 rings (SSSR count). The van der Waals surface area contributed by atoms with Crippen LogP contribution in [-0.4, -0.2) is 34.2 Å². The molecule has 0 fully saturated rings. The van der Waals surface area contributed by atoms with Gasteiger partial charge in [0, 0.05) is 15.1 Å². The molecule has 6 nitrogen and oxygen atoms in total. The normalized spacial score (nSPS) is 11.1. The first kappa shape index (κ1) is 20.6. The summed E-state index contributed by atoms with van der Waals surface area (Å²) >= 11 is 17.8. The SMILES string of the molecule is COc1ccc(Cl)cc1NC(=O)CN(c1cc(Cl)cc(Cl)c1)S(C)(=O)=O. The van der Waals surface area contributed by atoms with Crippen LogP contribution in [0.4, 0.5) is 11.4 Å². The maximum atomic E-state index is 12.4. The minimum absolute atomic E-state index is 0.179. The summed E-state index contributed by atoms with van der Waals surface area (Å²) in [7, 11) is -2.32. The summed E-state index contributed by atoms with van der Waals surface area (Å²) in [4.78, 5) is 12.4. The van der Waals surface area contributed by atoms with Crippen molar-refractivity contribution in [3.8, 4) is 5.75 Å². The number of hydrogen-bond acceptors (Lipinski definition) is 4. The van der Waals surface area contributed by atoms with Crippen LogP contribution < -0.4 is 14.4 Å². The van der Waals surface area contributed by atoms with Gasteiger partial charge in [-0.25, -0.2) is 8.42 Å². The van der Waals surface area contributed by atoms with Crippen molar-refractivity contribution in [1.29, 1.82) is 0 Å². The largest absolute Gasteiger partial charge is 0.495 e. The van der Waals surface area contributed by atoms with E-state index >= 15 is 0 Å². The number of methoxy groups -OCH3 is 1. The van der Waals surface area contributed by atoms with Crippen molar-refractivity contribution in [2.75, 3.05) is 29.5 Å². The molecule has 0 atom stereocenters. The summed E-state index contributed by atoms with van der Waals surface area (Å²) < 4.78 is 30.3. The fraction of sp³-hybridized carbons (Fsp3) is 0.188. The number of amides is 1. The van der Waals surface area contributed by atoms with Crippen LogP contribution >= 0.6 is 34.8 Å². The number of halogens is 3. The standard InChI is InChI=1S/C16H15Cl3N2O4S/c1-25-15-4-3-10(17)8-14(15)20-16(22)9-21(26(2,23)24)13-6-11(18)5-12(19)7-13/h3-8H,9H2,1-2H3,(H,20,22). The Morgan fingerprint density at radius 3 is 2.23 bits per heavy atom. The highest BCUT2D eigenvalue weighted by molar-refractivity contribution is 7.92. The molecule has 26 heavy (non-hydrogen) atoms. The highest BCUT2D eigenvalue weighted by Gasteiger charge is 2.22. The number of nitrogens with zero attached hydrogens (tertiary/aromatic N) is 1. The molecule has 0 spiro atoms. The monoisotopic (exact) mass is 436 g/mol. The summed E-state index contributed by atoms with van der Waals surface area (Å²) in [6.07, 6.45) is 0.981. The minimum atomic E-state index is -3.76. The summed E-state index contributed by atoms with van der Waals surface area (Å²) in [5.74, 6) is -0.202. The van der Waals surface area contributed by atoms with Crippen molar-refractivity contribution in [3.63, 3.8) is 0 Å². The van der Waals surface area contributed by atoms with Crippen LogP contribution in [0.3, 0.4) is 0 Å². The number of ether oxygens (including phenoxy) is 1. The van der Waals surface area contributed by atoms with Crippen LogP contribution in [0.15, 0.2) is 36.4 Å². The average Bonchev–Trinajstić information content (AvgIpc) is 2.50. The number of carbonyl (C=O) groups excluding carboxylic acids is 1. The maximum Gasteiger partial charge on any atom is 0.245 e. The van der Waals surface area contributed by atoms with E-state index in [-0.39, 0.29) is 15.7 Å². The van der Waals surface area contributed by atoms with E-state index in [1.807, 2.05) is 0 Å². The van der Waals surface area contributed by atoms with Crippen LogP contribution in [0.25, 0.3) is 0 Å². The number of anilines is 2. The van der Waals surface area contributed by atoms with Crippen molar-refractivity contribution in [1.82, 2.24) is 0 Å². The van der Waals surface area contributed by atoms with E-state index in [0.717, 1.165) is 10.6 Å². The molecule has 1 amide bonds. The Hall–Kier alpha value is -1.67. The van der Waals surface area contributed by atoms with Gasteiger partial charge in [-0.15, -0.1) is 0 Å². The van der Waals surface area contributed by atoms with Gasteiger partial charge in [0.05, 0.1) is 24.7 Å². The predicted molar refractivity (Wildman–Crippen MR) is 105 cm³/mol.